The molecule has 1 heterocycles. The maximum Gasteiger partial charge on any atom is 0.250 e. The first-order chi connectivity index (χ1) is 9.67. The molecule has 0 radical (unpaired) electrons. The summed E-state index contributed by atoms with van der Waals surface area (Å²) in [4.78, 5) is 11.8. The summed E-state index contributed by atoms with van der Waals surface area (Å²) < 4.78 is 10.7. The molecule has 0 aliphatic carbocycles. The van der Waals surface area contributed by atoms with E-state index >= 15 is 0 Å². The molecule has 1 aromatic rings. The zero-order chi connectivity index (χ0) is 14.4. The van der Waals surface area contributed by atoms with E-state index in [2.05, 4.69) is 17.6 Å². The van der Waals surface area contributed by atoms with Gasteiger partial charge in [-0.2, -0.15) is 0 Å². The number of ether oxygens (including phenoxy) is 2. The Morgan fingerprint density at radius 3 is 3.00 bits per heavy atom. The summed E-state index contributed by atoms with van der Waals surface area (Å²) in [5, 5.41) is 6.15. The molecule has 0 bridgehead atoms. The van der Waals surface area contributed by atoms with E-state index in [0.29, 0.717) is 17.5 Å². The van der Waals surface area contributed by atoms with E-state index in [1.165, 1.54) is 0 Å². The van der Waals surface area contributed by atoms with Crippen LogP contribution in [0.4, 0.5) is 5.69 Å². The first-order valence-electron chi connectivity index (χ1n) is 6.96. The van der Waals surface area contributed by atoms with Crippen LogP contribution < -0.4 is 15.4 Å². The molecule has 0 aromatic heterocycles. The van der Waals surface area contributed by atoms with E-state index in [1.807, 2.05) is 18.2 Å². The Kier molecular flexibility index (Phi) is 5.38. The van der Waals surface area contributed by atoms with Gasteiger partial charge in [-0.05, 0) is 31.9 Å². The van der Waals surface area contributed by atoms with Crippen LogP contribution >= 0.6 is 0 Å². The quantitative estimate of drug-likeness (QED) is 0.862. The Bertz CT molecular complexity index is 442. The van der Waals surface area contributed by atoms with Gasteiger partial charge in [0.2, 0.25) is 5.91 Å². The van der Waals surface area contributed by atoms with Crippen LogP contribution in [0.5, 0.6) is 5.75 Å². The molecular weight excluding hydrogens is 256 g/mol. The largest absolute Gasteiger partial charge is 0.497 e. The minimum atomic E-state index is -0.142. The lowest BCUT2D eigenvalue weighted by Gasteiger charge is -2.27. The normalized spacial score (nSPS) is 22.3. The summed E-state index contributed by atoms with van der Waals surface area (Å²) in [6.07, 6.45) is 2.21. The van der Waals surface area contributed by atoms with Gasteiger partial charge in [0.15, 0.2) is 0 Å². The Balaban J connectivity index is 1.74. The Labute approximate surface area is 119 Å². The third kappa shape index (κ3) is 4.51. The number of anilines is 1. The van der Waals surface area contributed by atoms with Gasteiger partial charge in [-0.15, -0.1) is 0 Å². The number of nitrogens with one attached hydrogen (secondary N) is 2. The molecule has 5 nitrogen and oxygen atoms in total. The molecule has 1 amide bonds. The molecule has 2 N–H and O–H groups in total. The number of carbonyl (C=O) groups excluding carboxylic acids is 1. The smallest absolute Gasteiger partial charge is 0.250 e. The lowest BCUT2D eigenvalue weighted by molar-refractivity contribution is -0.123. The number of hydrogen-bond donors (Lipinski definition) is 2. The van der Waals surface area contributed by atoms with Gasteiger partial charge in [0.25, 0.3) is 0 Å². The number of hydrogen-bond acceptors (Lipinski definition) is 4. The highest BCUT2D eigenvalue weighted by atomic mass is 16.5. The summed E-state index contributed by atoms with van der Waals surface area (Å²) in [7, 11) is 1.60. The van der Waals surface area contributed by atoms with Crippen LogP contribution in [0.15, 0.2) is 24.3 Å². The Morgan fingerprint density at radius 2 is 2.30 bits per heavy atom. The number of carbonyl (C=O) groups is 1. The van der Waals surface area contributed by atoms with Crippen LogP contribution in [-0.4, -0.2) is 38.3 Å². The van der Waals surface area contributed by atoms with Crippen molar-refractivity contribution in [3.63, 3.8) is 0 Å². The zero-order valence-electron chi connectivity index (χ0n) is 12.0. The average molecular weight is 278 g/mol. The minimum absolute atomic E-state index is 0.0813. The summed E-state index contributed by atoms with van der Waals surface area (Å²) in [5.74, 6) is 0.575. The molecule has 20 heavy (non-hydrogen) atoms. The molecular formula is C15H22N2O3. The highest BCUT2D eigenvalue weighted by Crippen LogP contribution is 2.16. The highest BCUT2D eigenvalue weighted by Gasteiger charge is 2.18. The molecule has 5 heteroatoms. The molecule has 1 aromatic carbocycles. The van der Waals surface area contributed by atoms with Crippen molar-refractivity contribution in [3.05, 3.63) is 24.3 Å². The van der Waals surface area contributed by atoms with Crippen molar-refractivity contribution in [3.8, 4) is 5.75 Å². The second kappa shape index (κ2) is 7.26. The molecule has 110 valence electrons. The van der Waals surface area contributed by atoms with E-state index in [4.69, 9.17) is 9.47 Å². The lowest BCUT2D eigenvalue weighted by atomic mass is 10.0. The second-order valence-corrected chi connectivity index (χ2v) is 5.10. The fraction of sp³-hybridized carbons (Fsp3) is 0.533. The summed E-state index contributed by atoms with van der Waals surface area (Å²) in [5.41, 5.74) is 0.716. The van der Waals surface area contributed by atoms with Crippen molar-refractivity contribution in [1.82, 2.24) is 5.32 Å². The summed E-state index contributed by atoms with van der Waals surface area (Å²) in [6, 6.07) is 7.81. The van der Waals surface area contributed by atoms with Crippen LogP contribution in [0.2, 0.25) is 0 Å². The van der Waals surface area contributed by atoms with Gasteiger partial charge in [-0.3, -0.25) is 4.79 Å². The average Bonchev–Trinajstić information content (AvgIpc) is 2.47. The van der Waals surface area contributed by atoms with Crippen LogP contribution in [0, 0.1) is 0 Å². The van der Waals surface area contributed by atoms with Crippen LogP contribution in [0.1, 0.15) is 19.8 Å². The molecule has 2 unspecified atom stereocenters. The number of methoxy groups -OCH3 is 1. The minimum Gasteiger partial charge on any atom is -0.497 e. The van der Waals surface area contributed by atoms with Gasteiger partial charge in [-0.25, -0.2) is 0 Å². The SMILES string of the molecule is COc1cccc(NC(=O)COC2CCC(C)NC2)c1. The fourth-order valence-corrected chi connectivity index (χ4v) is 2.21. The van der Waals surface area contributed by atoms with Crippen molar-refractivity contribution in [2.75, 3.05) is 25.6 Å². The topological polar surface area (TPSA) is 59.6 Å². The number of rotatable bonds is 5. The third-order valence-corrected chi connectivity index (χ3v) is 3.42. The molecule has 1 saturated heterocycles. The molecule has 2 rings (SSSR count). The third-order valence-electron chi connectivity index (χ3n) is 3.42. The molecule has 1 aliphatic heterocycles. The standard InChI is InChI=1S/C15H22N2O3/c1-11-6-7-14(9-16-11)20-10-15(18)17-12-4-3-5-13(8-12)19-2/h3-5,8,11,14,16H,6-7,9-10H2,1-2H3,(H,17,18). The first-order valence-corrected chi connectivity index (χ1v) is 6.96. The number of piperidine rings is 1. The van der Waals surface area contributed by atoms with Gasteiger partial charge in [0.1, 0.15) is 12.4 Å². The number of benzene rings is 1. The van der Waals surface area contributed by atoms with Crippen LogP contribution in [0.3, 0.4) is 0 Å². The molecule has 1 fully saturated rings. The fourth-order valence-electron chi connectivity index (χ4n) is 2.21. The molecule has 1 aliphatic rings. The van der Waals surface area contributed by atoms with E-state index in [-0.39, 0.29) is 18.6 Å². The van der Waals surface area contributed by atoms with Gasteiger partial charge in [0, 0.05) is 24.3 Å². The lowest BCUT2D eigenvalue weighted by Crippen LogP contribution is -2.41. The first kappa shape index (κ1) is 14.8. The molecule has 0 spiro atoms. The predicted octanol–water partition coefficient (Wildman–Crippen LogP) is 1.79. The Morgan fingerprint density at radius 1 is 1.45 bits per heavy atom. The van der Waals surface area contributed by atoms with Crippen molar-refractivity contribution < 1.29 is 14.3 Å². The Hall–Kier alpha value is -1.59. The van der Waals surface area contributed by atoms with Gasteiger partial charge >= 0.3 is 0 Å². The van der Waals surface area contributed by atoms with Crippen molar-refractivity contribution in [1.29, 1.82) is 0 Å². The highest BCUT2D eigenvalue weighted by molar-refractivity contribution is 5.91. The zero-order valence-corrected chi connectivity index (χ0v) is 12.0. The van der Waals surface area contributed by atoms with Crippen LogP contribution in [0.25, 0.3) is 0 Å². The van der Waals surface area contributed by atoms with E-state index in [1.54, 1.807) is 13.2 Å². The van der Waals surface area contributed by atoms with Gasteiger partial charge in [-0.1, -0.05) is 6.07 Å². The van der Waals surface area contributed by atoms with E-state index in [9.17, 15) is 4.79 Å². The van der Waals surface area contributed by atoms with Crippen molar-refractivity contribution >= 4 is 11.6 Å². The van der Waals surface area contributed by atoms with Crippen molar-refractivity contribution in [2.24, 2.45) is 0 Å². The molecule has 2 atom stereocenters. The van der Waals surface area contributed by atoms with E-state index in [0.717, 1.165) is 19.4 Å². The van der Waals surface area contributed by atoms with Gasteiger partial charge < -0.3 is 20.1 Å². The van der Waals surface area contributed by atoms with Crippen LogP contribution in [-0.2, 0) is 9.53 Å². The van der Waals surface area contributed by atoms with Gasteiger partial charge in [0.05, 0.1) is 13.2 Å². The number of amides is 1. The maximum atomic E-state index is 11.8. The maximum absolute atomic E-state index is 11.8. The van der Waals surface area contributed by atoms with Crippen molar-refractivity contribution in [2.45, 2.75) is 31.9 Å². The molecule has 0 saturated carbocycles. The summed E-state index contributed by atoms with van der Waals surface area (Å²) >= 11 is 0. The predicted molar refractivity (Wildman–Crippen MR) is 78.1 cm³/mol. The summed E-state index contributed by atoms with van der Waals surface area (Å²) in [6.45, 7) is 3.05. The second-order valence-electron chi connectivity index (χ2n) is 5.10. The monoisotopic (exact) mass is 278 g/mol. The van der Waals surface area contributed by atoms with E-state index < -0.39 is 0 Å².